The fourth-order valence-electron chi connectivity index (χ4n) is 0.826. The van der Waals surface area contributed by atoms with Gasteiger partial charge in [-0.3, -0.25) is 4.68 Å². The van der Waals surface area contributed by atoms with Gasteiger partial charge in [-0.1, -0.05) is 6.58 Å². The number of aryl methyl sites for hydroxylation is 1. The number of hydrogen-bond donors (Lipinski definition) is 1. The second kappa shape index (κ2) is 3.23. The first kappa shape index (κ1) is 7.85. The van der Waals surface area contributed by atoms with E-state index in [0.717, 1.165) is 17.9 Å². The molecule has 1 heterocycles. The van der Waals surface area contributed by atoms with E-state index in [-0.39, 0.29) is 0 Å². The van der Waals surface area contributed by atoms with E-state index < -0.39 is 0 Å². The van der Waals surface area contributed by atoms with Crippen molar-refractivity contribution in [2.45, 2.75) is 13.5 Å². The number of likely N-dealkylation sites (N-methyl/N-ethyl adjacent to an activating group) is 1. The SMILES string of the molecule is C=C(Cn1ccc(C)n1)NC. The van der Waals surface area contributed by atoms with Gasteiger partial charge in [0.25, 0.3) is 0 Å². The summed E-state index contributed by atoms with van der Waals surface area (Å²) in [5.74, 6) is 0. The molecule has 0 amide bonds. The van der Waals surface area contributed by atoms with Gasteiger partial charge in [0, 0.05) is 18.9 Å². The van der Waals surface area contributed by atoms with Crippen LogP contribution in [0.5, 0.6) is 0 Å². The Kier molecular flexibility index (Phi) is 2.31. The second-order valence-electron chi connectivity index (χ2n) is 2.51. The first-order valence-corrected chi connectivity index (χ1v) is 3.58. The van der Waals surface area contributed by atoms with Crippen LogP contribution in [0, 0.1) is 6.92 Å². The molecule has 0 aliphatic heterocycles. The molecule has 0 bridgehead atoms. The molecule has 1 aromatic heterocycles. The Morgan fingerprint density at radius 3 is 3.00 bits per heavy atom. The van der Waals surface area contributed by atoms with Gasteiger partial charge in [-0.15, -0.1) is 0 Å². The van der Waals surface area contributed by atoms with Gasteiger partial charge in [0.15, 0.2) is 0 Å². The number of rotatable bonds is 3. The van der Waals surface area contributed by atoms with Crippen molar-refractivity contribution in [2.75, 3.05) is 7.05 Å². The Balaban J connectivity index is 2.57. The first-order chi connectivity index (χ1) is 5.22. The molecular formula is C8H13N3. The molecule has 0 spiro atoms. The summed E-state index contributed by atoms with van der Waals surface area (Å²) in [7, 11) is 1.86. The van der Waals surface area contributed by atoms with Gasteiger partial charge >= 0.3 is 0 Å². The van der Waals surface area contributed by atoms with Gasteiger partial charge in [-0.25, -0.2) is 0 Å². The molecule has 0 saturated carbocycles. The summed E-state index contributed by atoms with van der Waals surface area (Å²) in [6, 6.07) is 1.98. The zero-order valence-corrected chi connectivity index (χ0v) is 6.96. The average Bonchev–Trinajstić information content (AvgIpc) is 2.35. The van der Waals surface area contributed by atoms with Gasteiger partial charge in [0.2, 0.25) is 0 Å². The van der Waals surface area contributed by atoms with Gasteiger partial charge in [0.05, 0.1) is 12.2 Å². The minimum Gasteiger partial charge on any atom is -0.390 e. The van der Waals surface area contributed by atoms with E-state index in [0.29, 0.717) is 0 Å². The molecule has 1 aromatic rings. The third kappa shape index (κ3) is 2.11. The highest BCUT2D eigenvalue weighted by Crippen LogP contribution is 1.95. The molecule has 11 heavy (non-hydrogen) atoms. The molecule has 0 fully saturated rings. The van der Waals surface area contributed by atoms with Crippen LogP contribution in [-0.2, 0) is 6.54 Å². The third-order valence-corrected chi connectivity index (χ3v) is 1.48. The average molecular weight is 151 g/mol. The van der Waals surface area contributed by atoms with Crippen molar-refractivity contribution in [3.8, 4) is 0 Å². The lowest BCUT2D eigenvalue weighted by Gasteiger charge is -2.03. The summed E-state index contributed by atoms with van der Waals surface area (Å²) in [5, 5.41) is 7.18. The van der Waals surface area contributed by atoms with Crippen molar-refractivity contribution >= 4 is 0 Å². The summed E-state index contributed by atoms with van der Waals surface area (Å²) < 4.78 is 1.86. The molecule has 0 aliphatic carbocycles. The standard InChI is InChI=1S/C8H13N3/c1-7-4-5-11(10-7)6-8(2)9-3/h4-5,9H,2,6H2,1,3H3. The molecule has 0 unspecified atom stereocenters. The Hall–Kier alpha value is -1.25. The van der Waals surface area contributed by atoms with E-state index in [2.05, 4.69) is 17.0 Å². The quantitative estimate of drug-likeness (QED) is 0.696. The Morgan fingerprint density at radius 2 is 2.55 bits per heavy atom. The van der Waals surface area contributed by atoms with Gasteiger partial charge in [0.1, 0.15) is 0 Å². The van der Waals surface area contributed by atoms with Crippen LogP contribution < -0.4 is 5.32 Å². The van der Waals surface area contributed by atoms with Gasteiger partial charge in [-0.05, 0) is 13.0 Å². The predicted molar refractivity (Wildman–Crippen MR) is 45.2 cm³/mol. The normalized spacial score (nSPS) is 9.64. The zero-order valence-electron chi connectivity index (χ0n) is 6.96. The monoisotopic (exact) mass is 151 g/mol. The van der Waals surface area contributed by atoms with E-state index in [1.807, 2.05) is 30.9 Å². The van der Waals surface area contributed by atoms with Gasteiger partial charge < -0.3 is 5.32 Å². The van der Waals surface area contributed by atoms with E-state index in [1.54, 1.807) is 0 Å². The minimum atomic E-state index is 0.740. The number of nitrogens with zero attached hydrogens (tertiary/aromatic N) is 2. The summed E-state index contributed by atoms with van der Waals surface area (Å²) in [4.78, 5) is 0. The Labute approximate surface area is 66.7 Å². The van der Waals surface area contributed by atoms with Crippen LogP contribution in [0.2, 0.25) is 0 Å². The molecule has 3 heteroatoms. The largest absolute Gasteiger partial charge is 0.390 e. The van der Waals surface area contributed by atoms with Crippen LogP contribution in [0.3, 0.4) is 0 Å². The van der Waals surface area contributed by atoms with Crippen molar-refractivity contribution in [1.29, 1.82) is 0 Å². The molecule has 0 radical (unpaired) electrons. The molecule has 3 nitrogen and oxygen atoms in total. The molecule has 1 N–H and O–H groups in total. The topological polar surface area (TPSA) is 29.9 Å². The molecule has 0 atom stereocenters. The number of nitrogens with one attached hydrogen (secondary N) is 1. The zero-order chi connectivity index (χ0) is 8.27. The Morgan fingerprint density at radius 1 is 1.82 bits per heavy atom. The maximum absolute atomic E-state index is 4.21. The summed E-state index contributed by atoms with van der Waals surface area (Å²) >= 11 is 0. The van der Waals surface area contributed by atoms with E-state index in [9.17, 15) is 0 Å². The van der Waals surface area contributed by atoms with Crippen LogP contribution >= 0.6 is 0 Å². The summed E-state index contributed by atoms with van der Waals surface area (Å²) in [6.07, 6.45) is 1.94. The van der Waals surface area contributed by atoms with E-state index in [1.165, 1.54) is 0 Å². The lowest BCUT2D eigenvalue weighted by atomic mass is 10.5. The van der Waals surface area contributed by atoms with Crippen molar-refractivity contribution < 1.29 is 0 Å². The highest BCUT2D eigenvalue weighted by molar-refractivity contribution is 4.98. The summed E-state index contributed by atoms with van der Waals surface area (Å²) in [6.45, 7) is 6.52. The first-order valence-electron chi connectivity index (χ1n) is 3.58. The fourth-order valence-corrected chi connectivity index (χ4v) is 0.826. The minimum absolute atomic E-state index is 0.740. The predicted octanol–water partition coefficient (Wildman–Crippen LogP) is 0.925. The fraction of sp³-hybridized carbons (Fsp3) is 0.375. The number of allylic oxidation sites excluding steroid dienone is 1. The van der Waals surface area contributed by atoms with Crippen LogP contribution in [0.25, 0.3) is 0 Å². The maximum atomic E-state index is 4.21. The highest BCUT2D eigenvalue weighted by Gasteiger charge is 1.94. The summed E-state index contributed by atoms with van der Waals surface area (Å²) in [5.41, 5.74) is 2.00. The smallest absolute Gasteiger partial charge is 0.0799 e. The molecule has 0 saturated heterocycles. The third-order valence-electron chi connectivity index (χ3n) is 1.48. The lowest BCUT2D eigenvalue weighted by molar-refractivity contribution is 0.644. The van der Waals surface area contributed by atoms with E-state index >= 15 is 0 Å². The molecule has 0 aliphatic rings. The van der Waals surface area contributed by atoms with Crippen molar-refractivity contribution in [3.63, 3.8) is 0 Å². The second-order valence-corrected chi connectivity index (χ2v) is 2.51. The molecular weight excluding hydrogens is 138 g/mol. The van der Waals surface area contributed by atoms with Crippen LogP contribution in [0.15, 0.2) is 24.5 Å². The van der Waals surface area contributed by atoms with Gasteiger partial charge in [-0.2, -0.15) is 5.10 Å². The van der Waals surface area contributed by atoms with Crippen molar-refractivity contribution in [3.05, 3.63) is 30.2 Å². The molecule has 1 rings (SSSR count). The molecule has 0 aromatic carbocycles. The van der Waals surface area contributed by atoms with Crippen LogP contribution in [-0.4, -0.2) is 16.8 Å². The highest BCUT2D eigenvalue weighted by atomic mass is 15.3. The van der Waals surface area contributed by atoms with Crippen LogP contribution in [0.1, 0.15) is 5.69 Å². The number of aromatic nitrogens is 2. The van der Waals surface area contributed by atoms with Crippen molar-refractivity contribution in [2.24, 2.45) is 0 Å². The number of hydrogen-bond acceptors (Lipinski definition) is 2. The lowest BCUT2D eigenvalue weighted by Crippen LogP contribution is -2.11. The molecule has 60 valence electrons. The van der Waals surface area contributed by atoms with E-state index in [4.69, 9.17) is 0 Å². The maximum Gasteiger partial charge on any atom is 0.0799 e. The van der Waals surface area contributed by atoms with Crippen LogP contribution in [0.4, 0.5) is 0 Å². The van der Waals surface area contributed by atoms with Crippen molar-refractivity contribution in [1.82, 2.24) is 15.1 Å². The Bertz CT molecular complexity index is 250.